The molecule has 4 unspecified atom stereocenters. The topological polar surface area (TPSA) is 15.3 Å². The predicted octanol–water partition coefficient (Wildman–Crippen LogP) is 3.66. The number of likely N-dealkylation sites (tertiary alicyclic amines) is 1. The average molecular weight is 266 g/mol. The van der Waals surface area contributed by atoms with Gasteiger partial charge in [0.25, 0.3) is 0 Å². The molecule has 2 aliphatic rings. The Hall–Kier alpha value is -0.0800. The Balaban J connectivity index is 1.92. The van der Waals surface area contributed by atoms with Crippen LogP contribution in [0.4, 0.5) is 0 Å². The summed E-state index contributed by atoms with van der Waals surface area (Å²) in [5.74, 6) is 0.781. The predicted molar refractivity (Wildman–Crippen MR) is 83.5 cm³/mol. The van der Waals surface area contributed by atoms with E-state index in [1.54, 1.807) is 0 Å². The van der Waals surface area contributed by atoms with Crippen molar-refractivity contribution < 1.29 is 0 Å². The van der Waals surface area contributed by atoms with Crippen LogP contribution in [0.2, 0.25) is 0 Å². The Kier molecular flexibility index (Phi) is 4.94. The Morgan fingerprint density at radius 1 is 1.21 bits per heavy atom. The molecule has 0 spiro atoms. The fraction of sp³-hybridized carbons (Fsp3) is 1.00. The first kappa shape index (κ1) is 15.3. The molecule has 0 aromatic rings. The van der Waals surface area contributed by atoms with Crippen molar-refractivity contribution in [2.45, 2.75) is 84.8 Å². The number of nitrogens with one attached hydrogen (secondary N) is 1. The highest BCUT2D eigenvalue weighted by Crippen LogP contribution is 2.41. The van der Waals surface area contributed by atoms with Crippen LogP contribution in [0.3, 0.4) is 0 Å². The zero-order valence-corrected chi connectivity index (χ0v) is 13.7. The maximum Gasteiger partial charge on any atom is 0.0120 e. The number of hydrogen-bond donors (Lipinski definition) is 1. The monoisotopic (exact) mass is 266 g/mol. The third-order valence-corrected chi connectivity index (χ3v) is 5.69. The second-order valence-corrected chi connectivity index (χ2v) is 7.75. The maximum atomic E-state index is 3.75. The smallest absolute Gasteiger partial charge is 0.0120 e. The van der Waals surface area contributed by atoms with E-state index < -0.39 is 0 Å². The molecule has 0 aromatic heterocycles. The fourth-order valence-corrected chi connectivity index (χ4v) is 4.21. The first-order valence-corrected chi connectivity index (χ1v) is 8.44. The molecule has 1 saturated carbocycles. The highest BCUT2D eigenvalue weighted by Gasteiger charge is 2.40. The summed E-state index contributed by atoms with van der Waals surface area (Å²) in [5, 5.41) is 3.75. The van der Waals surface area contributed by atoms with E-state index in [1.165, 1.54) is 45.2 Å². The van der Waals surface area contributed by atoms with E-state index in [0.717, 1.165) is 24.0 Å². The standard InChI is InChI=1S/C17H34N2/c1-6-10-18-16-8-11-19(14(3)13(16)2)15-7-9-17(4,5)12-15/h13-16,18H,6-12H2,1-5H3. The van der Waals surface area contributed by atoms with Crippen molar-refractivity contribution in [2.24, 2.45) is 11.3 Å². The second kappa shape index (κ2) is 6.13. The van der Waals surface area contributed by atoms with Gasteiger partial charge in [0.1, 0.15) is 0 Å². The number of rotatable bonds is 4. The summed E-state index contributed by atoms with van der Waals surface area (Å²) >= 11 is 0. The van der Waals surface area contributed by atoms with E-state index in [0.29, 0.717) is 5.41 Å². The summed E-state index contributed by atoms with van der Waals surface area (Å²) in [7, 11) is 0. The van der Waals surface area contributed by atoms with E-state index in [2.05, 4.69) is 44.8 Å². The summed E-state index contributed by atoms with van der Waals surface area (Å²) < 4.78 is 0. The van der Waals surface area contributed by atoms with Gasteiger partial charge in [-0.1, -0.05) is 27.7 Å². The summed E-state index contributed by atoms with van der Waals surface area (Å²) in [4.78, 5) is 2.82. The molecule has 19 heavy (non-hydrogen) atoms. The summed E-state index contributed by atoms with van der Waals surface area (Å²) in [6, 6.07) is 2.32. The van der Waals surface area contributed by atoms with Gasteiger partial charge in [-0.05, 0) is 56.9 Å². The third kappa shape index (κ3) is 3.52. The SMILES string of the molecule is CCCNC1CCN(C2CCC(C)(C)C2)C(C)C1C. The molecule has 0 amide bonds. The van der Waals surface area contributed by atoms with Gasteiger partial charge in [-0.2, -0.15) is 0 Å². The first-order valence-electron chi connectivity index (χ1n) is 8.44. The van der Waals surface area contributed by atoms with E-state index in [-0.39, 0.29) is 0 Å². The van der Waals surface area contributed by atoms with Crippen LogP contribution >= 0.6 is 0 Å². The molecule has 1 saturated heterocycles. The molecule has 2 heteroatoms. The lowest BCUT2D eigenvalue weighted by Gasteiger charge is -2.46. The molecule has 1 aliphatic carbocycles. The Labute approximate surface area is 120 Å². The quantitative estimate of drug-likeness (QED) is 0.835. The summed E-state index contributed by atoms with van der Waals surface area (Å²) in [5.41, 5.74) is 0.574. The van der Waals surface area contributed by atoms with Crippen LogP contribution in [0.1, 0.15) is 66.7 Å². The molecular formula is C17H34N2. The zero-order chi connectivity index (χ0) is 14.0. The molecule has 2 rings (SSSR count). The van der Waals surface area contributed by atoms with Crippen LogP contribution in [0.25, 0.3) is 0 Å². The molecule has 1 heterocycles. The van der Waals surface area contributed by atoms with Crippen molar-refractivity contribution in [3.63, 3.8) is 0 Å². The molecule has 1 aliphatic heterocycles. The van der Waals surface area contributed by atoms with Crippen molar-refractivity contribution >= 4 is 0 Å². The van der Waals surface area contributed by atoms with Crippen molar-refractivity contribution in [2.75, 3.05) is 13.1 Å². The normalized spacial score (nSPS) is 39.6. The van der Waals surface area contributed by atoms with Crippen LogP contribution < -0.4 is 5.32 Å². The average Bonchev–Trinajstić information content (AvgIpc) is 2.71. The molecule has 2 nitrogen and oxygen atoms in total. The van der Waals surface area contributed by atoms with Crippen molar-refractivity contribution in [3.05, 3.63) is 0 Å². The zero-order valence-electron chi connectivity index (χ0n) is 13.7. The molecule has 4 atom stereocenters. The van der Waals surface area contributed by atoms with Gasteiger partial charge in [-0.3, -0.25) is 4.90 Å². The molecule has 2 fully saturated rings. The minimum Gasteiger partial charge on any atom is -0.314 e. The van der Waals surface area contributed by atoms with Gasteiger partial charge in [0.05, 0.1) is 0 Å². The van der Waals surface area contributed by atoms with Gasteiger partial charge in [0.2, 0.25) is 0 Å². The molecule has 0 bridgehead atoms. The van der Waals surface area contributed by atoms with Crippen molar-refractivity contribution in [1.29, 1.82) is 0 Å². The Morgan fingerprint density at radius 3 is 2.53 bits per heavy atom. The number of piperidine rings is 1. The Bertz CT molecular complexity index is 287. The van der Waals surface area contributed by atoms with Crippen LogP contribution in [-0.4, -0.2) is 36.1 Å². The minimum atomic E-state index is 0.574. The van der Waals surface area contributed by atoms with Gasteiger partial charge in [-0.25, -0.2) is 0 Å². The van der Waals surface area contributed by atoms with Crippen LogP contribution in [0.5, 0.6) is 0 Å². The van der Waals surface area contributed by atoms with Gasteiger partial charge in [0, 0.05) is 24.7 Å². The minimum absolute atomic E-state index is 0.574. The van der Waals surface area contributed by atoms with Crippen molar-refractivity contribution in [1.82, 2.24) is 10.2 Å². The third-order valence-electron chi connectivity index (χ3n) is 5.69. The lowest BCUT2D eigenvalue weighted by molar-refractivity contribution is 0.0452. The van der Waals surface area contributed by atoms with E-state index in [1.807, 2.05) is 0 Å². The largest absolute Gasteiger partial charge is 0.314 e. The van der Waals surface area contributed by atoms with Crippen LogP contribution in [-0.2, 0) is 0 Å². The second-order valence-electron chi connectivity index (χ2n) is 7.75. The highest BCUT2D eigenvalue weighted by atomic mass is 15.2. The van der Waals surface area contributed by atoms with E-state index in [9.17, 15) is 0 Å². The highest BCUT2D eigenvalue weighted by molar-refractivity contribution is 4.95. The molecule has 112 valence electrons. The fourth-order valence-electron chi connectivity index (χ4n) is 4.21. The molecule has 0 radical (unpaired) electrons. The molecular weight excluding hydrogens is 232 g/mol. The lowest BCUT2D eigenvalue weighted by Crippen LogP contribution is -2.56. The number of hydrogen-bond acceptors (Lipinski definition) is 2. The van der Waals surface area contributed by atoms with Gasteiger partial charge in [-0.15, -0.1) is 0 Å². The van der Waals surface area contributed by atoms with Gasteiger partial charge in [0.15, 0.2) is 0 Å². The Morgan fingerprint density at radius 2 is 1.95 bits per heavy atom. The lowest BCUT2D eigenvalue weighted by atomic mass is 9.85. The van der Waals surface area contributed by atoms with Gasteiger partial charge >= 0.3 is 0 Å². The van der Waals surface area contributed by atoms with Gasteiger partial charge < -0.3 is 5.32 Å². The summed E-state index contributed by atoms with van der Waals surface area (Å²) in [6.07, 6.45) is 6.81. The molecule has 0 aromatic carbocycles. The van der Waals surface area contributed by atoms with Crippen LogP contribution in [0.15, 0.2) is 0 Å². The summed E-state index contributed by atoms with van der Waals surface area (Å²) in [6.45, 7) is 14.5. The maximum absolute atomic E-state index is 3.75. The number of nitrogens with zero attached hydrogens (tertiary/aromatic N) is 1. The van der Waals surface area contributed by atoms with E-state index >= 15 is 0 Å². The first-order chi connectivity index (χ1) is 8.94. The van der Waals surface area contributed by atoms with Crippen LogP contribution in [0, 0.1) is 11.3 Å². The molecule has 1 N–H and O–H groups in total. The van der Waals surface area contributed by atoms with Crippen molar-refractivity contribution in [3.8, 4) is 0 Å². The van der Waals surface area contributed by atoms with E-state index in [4.69, 9.17) is 0 Å².